The molecule has 2 N–H and O–H groups in total. The molecule has 100 valence electrons. The number of nitrogen functional groups attached to an aromatic ring is 1. The van der Waals surface area contributed by atoms with Crippen LogP contribution in [-0.4, -0.2) is 38.6 Å². The second kappa shape index (κ2) is 5.70. The van der Waals surface area contributed by atoms with E-state index in [1.54, 1.807) is 13.0 Å². The molecule has 0 atom stereocenters. The number of rotatable bonds is 4. The number of nitrogens with zero attached hydrogens (tertiary/aromatic N) is 4. The van der Waals surface area contributed by atoms with Crippen LogP contribution in [0.15, 0.2) is 23.6 Å². The number of carbonyl (C=O) groups excluding carboxylic acids is 1. The number of ether oxygens (including phenoxy) is 1. The first-order chi connectivity index (χ1) is 9.15. The van der Waals surface area contributed by atoms with Gasteiger partial charge in [0.15, 0.2) is 11.5 Å². The number of thioether (sulfide) groups is 1. The standard InChI is InChI=1S/C11H13N5O2S/c1-3-18-11(17)10-7(12)5-16(15-10)8-4-9(19-2)14-6-13-8/h4-6H,3,12H2,1-2H3. The molecule has 0 radical (unpaired) electrons. The SMILES string of the molecule is CCOC(=O)c1nn(-c2cc(SC)ncn2)cc1N. The molecular weight excluding hydrogens is 266 g/mol. The highest BCUT2D eigenvalue weighted by atomic mass is 32.2. The molecule has 8 heteroatoms. The van der Waals surface area contributed by atoms with Gasteiger partial charge >= 0.3 is 5.97 Å². The Balaban J connectivity index is 2.36. The Morgan fingerprint density at radius 3 is 3.00 bits per heavy atom. The van der Waals surface area contributed by atoms with E-state index in [0.29, 0.717) is 5.82 Å². The highest BCUT2D eigenvalue weighted by Gasteiger charge is 2.17. The molecule has 0 aliphatic carbocycles. The quantitative estimate of drug-likeness (QED) is 0.509. The van der Waals surface area contributed by atoms with Crippen LogP contribution >= 0.6 is 11.8 Å². The Kier molecular flexibility index (Phi) is 4.00. The summed E-state index contributed by atoms with van der Waals surface area (Å²) < 4.78 is 6.30. The number of aromatic nitrogens is 4. The van der Waals surface area contributed by atoms with Crippen LogP contribution in [0.4, 0.5) is 5.69 Å². The third kappa shape index (κ3) is 2.84. The summed E-state index contributed by atoms with van der Waals surface area (Å²) in [6.07, 6.45) is 4.87. The maximum atomic E-state index is 11.6. The minimum absolute atomic E-state index is 0.0890. The van der Waals surface area contributed by atoms with Crippen molar-refractivity contribution in [2.24, 2.45) is 0 Å². The number of hydrogen-bond donors (Lipinski definition) is 1. The van der Waals surface area contributed by atoms with Crippen molar-refractivity contribution in [2.75, 3.05) is 18.6 Å². The number of hydrogen-bond acceptors (Lipinski definition) is 7. The summed E-state index contributed by atoms with van der Waals surface area (Å²) in [7, 11) is 0. The maximum Gasteiger partial charge on any atom is 0.361 e. The Labute approximate surface area is 114 Å². The van der Waals surface area contributed by atoms with Gasteiger partial charge in [-0.2, -0.15) is 5.10 Å². The molecule has 2 aromatic rings. The summed E-state index contributed by atoms with van der Waals surface area (Å²) in [4.78, 5) is 19.8. The van der Waals surface area contributed by atoms with Crippen molar-refractivity contribution in [3.8, 4) is 5.82 Å². The first kappa shape index (κ1) is 13.3. The molecule has 0 bridgehead atoms. The zero-order valence-electron chi connectivity index (χ0n) is 10.5. The van der Waals surface area contributed by atoms with Crippen LogP contribution in [0.3, 0.4) is 0 Å². The lowest BCUT2D eigenvalue weighted by atomic mass is 10.4. The normalized spacial score (nSPS) is 10.4. The van der Waals surface area contributed by atoms with Crippen LogP contribution in [0.1, 0.15) is 17.4 Å². The molecule has 0 unspecified atom stereocenters. The lowest BCUT2D eigenvalue weighted by Gasteiger charge is -2.01. The predicted molar refractivity (Wildman–Crippen MR) is 71.3 cm³/mol. The van der Waals surface area contributed by atoms with Crippen LogP contribution in [0.2, 0.25) is 0 Å². The summed E-state index contributed by atoms with van der Waals surface area (Å²) in [6, 6.07) is 1.76. The molecule has 0 fully saturated rings. The van der Waals surface area contributed by atoms with E-state index in [-0.39, 0.29) is 18.0 Å². The largest absolute Gasteiger partial charge is 0.461 e. The molecule has 0 aliphatic rings. The van der Waals surface area contributed by atoms with Crippen molar-refractivity contribution in [2.45, 2.75) is 11.9 Å². The van der Waals surface area contributed by atoms with Gasteiger partial charge in [0, 0.05) is 6.07 Å². The zero-order valence-corrected chi connectivity index (χ0v) is 11.3. The van der Waals surface area contributed by atoms with E-state index in [0.717, 1.165) is 5.03 Å². The van der Waals surface area contributed by atoms with E-state index in [1.165, 1.54) is 29.0 Å². The van der Waals surface area contributed by atoms with Gasteiger partial charge in [0.25, 0.3) is 0 Å². The highest BCUT2D eigenvalue weighted by Crippen LogP contribution is 2.17. The van der Waals surface area contributed by atoms with Crippen molar-refractivity contribution < 1.29 is 9.53 Å². The maximum absolute atomic E-state index is 11.6. The smallest absolute Gasteiger partial charge is 0.361 e. The highest BCUT2D eigenvalue weighted by molar-refractivity contribution is 7.98. The molecule has 7 nitrogen and oxygen atoms in total. The fraction of sp³-hybridized carbons (Fsp3) is 0.273. The van der Waals surface area contributed by atoms with Gasteiger partial charge in [0.1, 0.15) is 11.4 Å². The van der Waals surface area contributed by atoms with Crippen LogP contribution in [0, 0.1) is 0 Å². The minimum atomic E-state index is -0.544. The van der Waals surface area contributed by atoms with E-state index >= 15 is 0 Å². The van der Waals surface area contributed by atoms with Crippen LogP contribution < -0.4 is 5.73 Å². The Bertz CT molecular complexity index is 599. The first-order valence-electron chi connectivity index (χ1n) is 5.54. The van der Waals surface area contributed by atoms with Crippen molar-refractivity contribution in [3.05, 3.63) is 24.3 Å². The van der Waals surface area contributed by atoms with Gasteiger partial charge in [-0.1, -0.05) is 0 Å². The molecule has 0 aliphatic heterocycles. The van der Waals surface area contributed by atoms with Crippen molar-refractivity contribution in [1.82, 2.24) is 19.7 Å². The van der Waals surface area contributed by atoms with E-state index in [1.807, 2.05) is 6.26 Å². The van der Waals surface area contributed by atoms with Crippen molar-refractivity contribution in [1.29, 1.82) is 0 Å². The van der Waals surface area contributed by atoms with Gasteiger partial charge in [0.05, 0.1) is 18.5 Å². The van der Waals surface area contributed by atoms with Gasteiger partial charge in [-0.25, -0.2) is 19.4 Å². The second-order valence-corrected chi connectivity index (χ2v) is 4.34. The summed E-state index contributed by atoms with van der Waals surface area (Å²) in [5, 5.41) is 4.89. The number of carbonyl (C=O) groups is 1. The van der Waals surface area contributed by atoms with Crippen LogP contribution in [0.5, 0.6) is 0 Å². The number of esters is 1. The number of nitrogens with two attached hydrogens (primary N) is 1. The van der Waals surface area contributed by atoms with Gasteiger partial charge < -0.3 is 10.5 Å². The molecule has 0 spiro atoms. The molecule has 0 saturated carbocycles. The third-order valence-corrected chi connectivity index (χ3v) is 2.92. The van der Waals surface area contributed by atoms with Gasteiger partial charge in [-0.3, -0.25) is 0 Å². The van der Waals surface area contributed by atoms with Crippen LogP contribution in [-0.2, 0) is 4.74 Å². The van der Waals surface area contributed by atoms with Crippen molar-refractivity contribution in [3.63, 3.8) is 0 Å². The summed E-state index contributed by atoms with van der Waals surface area (Å²) in [5.41, 5.74) is 6.09. The van der Waals surface area contributed by atoms with Gasteiger partial charge in [-0.15, -0.1) is 11.8 Å². The average Bonchev–Trinajstić information content (AvgIpc) is 2.81. The second-order valence-electron chi connectivity index (χ2n) is 3.52. The topological polar surface area (TPSA) is 95.9 Å². The molecule has 2 aromatic heterocycles. The lowest BCUT2D eigenvalue weighted by molar-refractivity contribution is 0.0520. The van der Waals surface area contributed by atoms with Gasteiger partial charge in [-0.05, 0) is 13.2 Å². The zero-order chi connectivity index (χ0) is 13.8. The Morgan fingerprint density at radius 2 is 2.32 bits per heavy atom. The fourth-order valence-corrected chi connectivity index (χ4v) is 1.81. The minimum Gasteiger partial charge on any atom is -0.461 e. The fourth-order valence-electron chi connectivity index (χ4n) is 1.43. The van der Waals surface area contributed by atoms with E-state index in [9.17, 15) is 4.79 Å². The first-order valence-corrected chi connectivity index (χ1v) is 6.76. The predicted octanol–water partition coefficient (Wildman–Crippen LogP) is 1.14. The third-order valence-electron chi connectivity index (χ3n) is 2.28. The average molecular weight is 279 g/mol. The van der Waals surface area contributed by atoms with E-state index < -0.39 is 5.97 Å². The molecule has 0 amide bonds. The molecular formula is C11H13N5O2S. The Morgan fingerprint density at radius 1 is 1.53 bits per heavy atom. The Hall–Kier alpha value is -2.09. The molecule has 0 saturated heterocycles. The number of anilines is 1. The van der Waals surface area contributed by atoms with Crippen LogP contribution in [0.25, 0.3) is 5.82 Å². The monoisotopic (exact) mass is 279 g/mol. The lowest BCUT2D eigenvalue weighted by Crippen LogP contribution is -2.08. The molecule has 19 heavy (non-hydrogen) atoms. The molecule has 0 aromatic carbocycles. The van der Waals surface area contributed by atoms with E-state index in [4.69, 9.17) is 10.5 Å². The summed E-state index contributed by atoms with van der Waals surface area (Å²) in [5.74, 6) is -0.000468. The van der Waals surface area contributed by atoms with Crippen molar-refractivity contribution >= 4 is 23.4 Å². The van der Waals surface area contributed by atoms with E-state index in [2.05, 4.69) is 15.1 Å². The molecule has 2 heterocycles. The molecule has 2 rings (SSSR count). The summed E-state index contributed by atoms with van der Waals surface area (Å²) in [6.45, 7) is 2.00. The summed E-state index contributed by atoms with van der Waals surface area (Å²) >= 11 is 1.49. The van der Waals surface area contributed by atoms with Gasteiger partial charge in [0.2, 0.25) is 0 Å².